The number of allylic oxidation sites excluding steroid dienone is 1. The summed E-state index contributed by atoms with van der Waals surface area (Å²) >= 11 is 1.54. The zero-order valence-corrected chi connectivity index (χ0v) is 21.9. The molecule has 3 aliphatic rings. The molecule has 1 aromatic heterocycles. The van der Waals surface area contributed by atoms with Crippen LogP contribution in [0.2, 0.25) is 0 Å². The molecule has 0 saturated heterocycles. The first-order valence-corrected chi connectivity index (χ1v) is 14.3. The second-order valence-corrected chi connectivity index (χ2v) is 11.5. The first-order valence-electron chi connectivity index (χ1n) is 13.4. The molecule has 5 nitrogen and oxygen atoms in total. The van der Waals surface area contributed by atoms with E-state index in [1.807, 2.05) is 47.8 Å². The standard InChI is InChI=1S/C31H33N3O2S/c1-2-26-22-9-10-23(26)15-21(14-22)8-11-25-19-36-29-27(31-32-12-13-37-31)16-24(17-28(29)34-25)30(35)33-18-20-6-4-3-5-7-20/h2-7,12-13,16-17,21-23,26H,1,8-11,14-15,18-19H2,(H,33,35). The van der Waals surface area contributed by atoms with Gasteiger partial charge in [0.1, 0.15) is 17.3 Å². The number of amides is 1. The van der Waals surface area contributed by atoms with Crippen molar-refractivity contribution in [1.29, 1.82) is 0 Å². The average molecular weight is 512 g/mol. The van der Waals surface area contributed by atoms with Crippen LogP contribution >= 0.6 is 11.3 Å². The summed E-state index contributed by atoms with van der Waals surface area (Å²) in [5, 5.41) is 5.82. The fourth-order valence-electron chi connectivity index (χ4n) is 6.55. The van der Waals surface area contributed by atoms with E-state index < -0.39 is 0 Å². The van der Waals surface area contributed by atoms with Crippen LogP contribution in [0.4, 0.5) is 5.69 Å². The van der Waals surface area contributed by atoms with E-state index in [0.29, 0.717) is 18.7 Å². The Morgan fingerprint density at radius 2 is 1.97 bits per heavy atom. The topological polar surface area (TPSA) is 63.6 Å². The van der Waals surface area contributed by atoms with Crippen LogP contribution in [0.1, 0.15) is 54.4 Å². The van der Waals surface area contributed by atoms with Crippen LogP contribution in [0.3, 0.4) is 0 Å². The molecule has 2 aromatic carbocycles. The van der Waals surface area contributed by atoms with Crippen LogP contribution in [0, 0.1) is 23.7 Å². The van der Waals surface area contributed by atoms with Crippen molar-refractivity contribution in [1.82, 2.24) is 10.3 Å². The van der Waals surface area contributed by atoms with Gasteiger partial charge in [-0.3, -0.25) is 9.79 Å². The van der Waals surface area contributed by atoms with Gasteiger partial charge in [-0.1, -0.05) is 36.4 Å². The number of carbonyl (C=O) groups excluding carboxylic acids is 1. The van der Waals surface area contributed by atoms with E-state index >= 15 is 0 Å². The highest BCUT2D eigenvalue weighted by molar-refractivity contribution is 7.13. The number of nitrogens with zero attached hydrogens (tertiary/aromatic N) is 2. The molecular weight excluding hydrogens is 478 g/mol. The van der Waals surface area contributed by atoms with Crippen LogP contribution in [-0.2, 0) is 6.54 Å². The third kappa shape index (κ3) is 5.12. The maximum atomic E-state index is 13.1. The van der Waals surface area contributed by atoms with Crippen molar-refractivity contribution in [2.75, 3.05) is 6.61 Å². The van der Waals surface area contributed by atoms with Crippen molar-refractivity contribution in [2.24, 2.45) is 28.7 Å². The second kappa shape index (κ2) is 10.6. The normalized spacial score (nSPS) is 24.1. The quantitative estimate of drug-likeness (QED) is 0.325. The minimum atomic E-state index is -0.124. The van der Waals surface area contributed by atoms with E-state index in [1.165, 1.54) is 37.0 Å². The van der Waals surface area contributed by atoms with Crippen LogP contribution < -0.4 is 10.1 Å². The molecule has 6 heteroatoms. The molecule has 2 heterocycles. The number of hydrogen-bond acceptors (Lipinski definition) is 5. The summed E-state index contributed by atoms with van der Waals surface area (Å²) in [4.78, 5) is 22.6. The van der Waals surface area contributed by atoms with Gasteiger partial charge >= 0.3 is 0 Å². The van der Waals surface area contributed by atoms with Gasteiger partial charge in [0.2, 0.25) is 0 Å². The molecule has 2 unspecified atom stereocenters. The Hall–Kier alpha value is -3.25. The number of benzene rings is 2. The van der Waals surface area contributed by atoms with Gasteiger partial charge in [-0.25, -0.2) is 4.98 Å². The smallest absolute Gasteiger partial charge is 0.251 e. The van der Waals surface area contributed by atoms with Crippen LogP contribution in [-0.4, -0.2) is 23.2 Å². The van der Waals surface area contributed by atoms with E-state index in [0.717, 1.165) is 69.8 Å². The summed E-state index contributed by atoms with van der Waals surface area (Å²) < 4.78 is 6.27. The fourth-order valence-corrected chi connectivity index (χ4v) is 7.20. The molecule has 2 bridgehead atoms. The van der Waals surface area contributed by atoms with Crippen LogP contribution in [0.15, 0.2) is 71.7 Å². The van der Waals surface area contributed by atoms with Crippen molar-refractivity contribution < 1.29 is 9.53 Å². The van der Waals surface area contributed by atoms with Gasteiger partial charge in [0.25, 0.3) is 5.91 Å². The Morgan fingerprint density at radius 1 is 1.16 bits per heavy atom. The molecule has 2 aliphatic carbocycles. The minimum absolute atomic E-state index is 0.124. The highest BCUT2D eigenvalue weighted by atomic mass is 32.1. The molecule has 0 radical (unpaired) electrons. The summed E-state index contributed by atoms with van der Waals surface area (Å²) in [6.45, 7) is 5.07. The van der Waals surface area contributed by atoms with Gasteiger partial charge in [0, 0.05) is 23.7 Å². The monoisotopic (exact) mass is 511 g/mol. The number of hydrogen-bond donors (Lipinski definition) is 1. The summed E-state index contributed by atoms with van der Waals surface area (Å²) in [6.07, 6.45) is 11.5. The molecule has 3 aromatic rings. The molecule has 6 rings (SSSR count). The lowest BCUT2D eigenvalue weighted by atomic mass is 9.72. The minimum Gasteiger partial charge on any atom is -0.485 e. The van der Waals surface area contributed by atoms with Crippen molar-refractivity contribution in [3.05, 3.63) is 77.8 Å². The highest BCUT2D eigenvalue weighted by Gasteiger charge is 2.40. The van der Waals surface area contributed by atoms with Crippen molar-refractivity contribution in [2.45, 2.75) is 45.1 Å². The summed E-state index contributed by atoms with van der Waals surface area (Å²) in [7, 11) is 0. The Balaban J connectivity index is 1.20. The molecular formula is C31H33N3O2S. The lowest BCUT2D eigenvalue weighted by Gasteiger charge is -2.34. The van der Waals surface area contributed by atoms with Gasteiger partial charge in [-0.15, -0.1) is 17.9 Å². The third-order valence-electron chi connectivity index (χ3n) is 8.33. The predicted molar refractivity (Wildman–Crippen MR) is 150 cm³/mol. The molecule has 190 valence electrons. The van der Waals surface area contributed by atoms with Gasteiger partial charge < -0.3 is 10.1 Å². The van der Waals surface area contributed by atoms with Gasteiger partial charge in [0.15, 0.2) is 5.75 Å². The van der Waals surface area contributed by atoms with E-state index in [2.05, 4.69) is 23.0 Å². The maximum absolute atomic E-state index is 13.1. The number of rotatable bonds is 8. The summed E-state index contributed by atoms with van der Waals surface area (Å²) in [5.41, 5.74) is 4.27. The first kappa shape index (κ1) is 24.1. The molecule has 2 atom stereocenters. The van der Waals surface area contributed by atoms with Crippen molar-refractivity contribution in [3.8, 4) is 16.3 Å². The number of aliphatic imine (C=N–C) groups is 1. The van der Waals surface area contributed by atoms with Gasteiger partial charge in [-0.2, -0.15) is 0 Å². The molecule has 1 N–H and O–H groups in total. The largest absolute Gasteiger partial charge is 0.485 e. The molecule has 1 amide bonds. The number of nitrogens with one attached hydrogen (secondary N) is 1. The Kier molecular flexibility index (Phi) is 6.92. The Labute approximate surface area is 222 Å². The molecule has 2 fully saturated rings. The fraction of sp³-hybridized carbons (Fsp3) is 0.387. The third-order valence-corrected chi connectivity index (χ3v) is 9.14. The lowest BCUT2D eigenvalue weighted by molar-refractivity contribution is 0.0951. The zero-order chi connectivity index (χ0) is 25.2. The average Bonchev–Trinajstić information content (AvgIpc) is 3.56. The summed E-state index contributed by atoms with van der Waals surface area (Å²) in [6, 6.07) is 13.7. The number of ether oxygens (including phenoxy) is 1. The lowest BCUT2D eigenvalue weighted by Crippen LogP contribution is -2.26. The van der Waals surface area contributed by atoms with Crippen LogP contribution in [0.25, 0.3) is 10.6 Å². The SMILES string of the molecule is C=CC1C2CCC1CC(CCC1=Nc3cc(C(=O)NCc4ccccc4)cc(-c4nccs4)c3OC1)C2. The molecule has 0 spiro atoms. The number of carbonyl (C=O) groups is 1. The predicted octanol–water partition coefficient (Wildman–Crippen LogP) is 7.22. The molecule has 2 saturated carbocycles. The number of thiazole rings is 1. The van der Waals surface area contributed by atoms with E-state index in [9.17, 15) is 4.79 Å². The first-order chi connectivity index (χ1) is 18.2. The molecule has 1 aliphatic heterocycles. The molecule has 37 heavy (non-hydrogen) atoms. The number of fused-ring (bicyclic) bond motifs is 3. The van der Waals surface area contributed by atoms with Crippen molar-refractivity contribution >= 4 is 28.6 Å². The van der Waals surface area contributed by atoms with E-state index in [1.54, 1.807) is 6.20 Å². The maximum Gasteiger partial charge on any atom is 0.251 e. The Bertz CT molecular complexity index is 1290. The van der Waals surface area contributed by atoms with Crippen molar-refractivity contribution in [3.63, 3.8) is 0 Å². The van der Waals surface area contributed by atoms with E-state index in [-0.39, 0.29) is 5.91 Å². The second-order valence-electron chi connectivity index (χ2n) is 10.6. The highest BCUT2D eigenvalue weighted by Crippen LogP contribution is 2.50. The summed E-state index contributed by atoms with van der Waals surface area (Å²) in [5.74, 6) is 3.74. The van der Waals surface area contributed by atoms with E-state index in [4.69, 9.17) is 9.73 Å². The van der Waals surface area contributed by atoms with Crippen LogP contribution in [0.5, 0.6) is 5.75 Å². The van der Waals surface area contributed by atoms with Gasteiger partial charge in [-0.05, 0) is 79.9 Å². The van der Waals surface area contributed by atoms with Gasteiger partial charge in [0.05, 0.1) is 11.3 Å². The number of aromatic nitrogens is 1. The Morgan fingerprint density at radius 3 is 2.70 bits per heavy atom. The zero-order valence-electron chi connectivity index (χ0n) is 21.1.